The highest BCUT2D eigenvalue weighted by atomic mass is 19.4. The number of aliphatic carboxylic acids is 1. The number of alkyl halides is 6. The number of rotatable bonds is 12. The fraction of sp³-hybridized carbons (Fsp3) is 0.706. The van der Waals surface area contributed by atoms with E-state index in [2.05, 4.69) is 5.32 Å². The van der Waals surface area contributed by atoms with Gasteiger partial charge in [-0.15, -0.1) is 0 Å². The first-order chi connectivity index (χ1) is 15.2. The second kappa shape index (κ2) is 11.7. The number of carboxylic acids is 1. The summed E-state index contributed by atoms with van der Waals surface area (Å²) < 4.78 is 72.5. The quantitative estimate of drug-likeness (QED) is 0.182. The van der Waals surface area contributed by atoms with Gasteiger partial charge in [0.2, 0.25) is 0 Å². The van der Waals surface area contributed by atoms with Crippen LogP contribution in [0.2, 0.25) is 0 Å². The molecule has 188 valence electrons. The lowest BCUT2D eigenvalue weighted by Gasteiger charge is -2.21. The summed E-state index contributed by atoms with van der Waals surface area (Å²) in [6, 6.07) is -3.69. The van der Waals surface area contributed by atoms with E-state index in [0.29, 0.717) is 4.90 Å². The zero-order valence-electron chi connectivity index (χ0n) is 17.0. The van der Waals surface area contributed by atoms with Crippen molar-refractivity contribution in [2.45, 2.75) is 63.0 Å². The smallest absolute Gasteiger partial charge is 0.471 e. The summed E-state index contributed by atoms with van der Waals surface area (Å²) in [5.41, 5.74) is 0. The highest BCUT2D eigenvalue weighted by Crippen LogP contribution is 2.19. The summed E-state index contributed by atoms with van der Waals surface area (Å²) in [5, 5.41) is 14.9. The SMILES string of the molecule is O=C(O)C(CCCCNC(=O)C(F)(F)F)N1C(=O)NC(CCCCNC(=O)C(F)(F)F)C1=O. The first kappa shape index (κ1) is 28.0. The fourth-order valence-corrected chi connectivity index (χ4v) is 2.94. The fourth-order valence-electron chi connectivity index (χ4n) is 2.94. The van der Waals surface area contributed by atoms with Gasteiger partial charge in [-0.05, 0) is 38.5 Å². The van der Waals surface area contributed by atoms with Gasteiger partial charge in [-0.1, -0.05) is 0 Å². The molecule has 1 aliphatic heterocycles. The summed E-state index contributed by atoms with van der Waals surface area (Å²) >= 11 is 0. The lowest BCUT2D eigenvalue weighted by atomic mass is 10.1. The van der Waals surface area contributed by atoms with Crippen LogP contribution in [0.15, 0.2) is 0 Å². The van der Waals surface area contributed by atoms with Crippen LogP contribution in [0, 0.1) is 0 Å². The Bertz CT molecular complexity index is 757. The maximum atomic E-state index is 12.4. The number of nitrogens with one attached hydrogen (secondary N) is 3. The molecule has 0 aromatic carbocycles. The number of imide groups is 1. The van der Waals surface area contributed by atoms with Crippen LogP contribution in [0.1, 0.15) is 38.5 Å². The summed E-state index contributed by atoms with van der Waals surface area (Å²) in [4.78, 5) is 57.9. The van der Waals surface area contributed by atoms with E-state index < -0.39 is 60.7 Å². The number of carbonyl (C=O) groups is 5. The maximum Gasteiger partial charge on any atom is 0.471 e. The van der Waals surface area contributed by atoms with Gasteiger partial charge in [0.15, 0.2) is 0 Å². The zero-order valence-corrected chi connectivity index (χ0v) is 17.0. The molecule has 0 bridgehead atoms. The Balaban J connectivity index is 2.48. The van der Waals surface area contributed by atoms with E-state index in [1.54, 1.807) is 10.6 Å². The van der Waals surface area contributed by atoms with Crippen LogP contribution in [0.25, 0.3) is 0 Å². The Kier molecular flexibility index (Phi) is 9.91. The average Bonchev–Trinajstić information content (AvgIpc) is 2.95. The van der Waals surface area contributed by atoms with Gasteiger partial charge in [0.25, 0.3) is 5.91 Å². The van der Waals surface area contributed by atoms with E-state index in [9.17, 15) is 55.4 Å². The summed E-state index contributed by atoms with van der Waals surface area (Å²) in [6.45, 7) is -0.710. The second-order valence-electron chi connectivity index (χ2n) is 7.06. The molecule has 1 aliphatic rings. The standard InChI is InChI=1S/C17H22F6N4O6/c18-16(19,20)13(31)24-7-3-1-5-9-11(28)27(15(33)26-9)10(12(29)30)6-2-4-8-25-14(32)17(21,22)23/h9-10H,1-8H2,(H,24,31)(H,25,32)(H,26,33)(H,29,30). The summed E-state index contributed by atoms with van der Waals surface area (Å²) in [7, 11) is 0. The third-order valence-corrected chi connectivity index (χ3v) is 4.56. The normalized spacial score (nSPS) is 17.5. The largest absolute Gasteiger partial charge is 0.480 e. The average molecular weight is 492 g/mol. The van der Waals surface area contributed by atoms with E-state index >= 15 is 0 Å². The van der Waals surface area contributed by atoms with Crippen LogP contribution in [0.5, 0.6) is 0 Å². The molecule has 1 saturated heterocycles. The minimum Gasteiger partial charge on any atom is -0.480 e. The van der Waals surface area contributed by atoms with Crippen molar-refractivity contribution in [3.05, 3.63) is 0 Å². The van der Waals surface area contributed by atoms with Gasteiger partial charge in [0, 0.05) is 13.1 Å². The topological polar surface area (TPSA) is 145 Å². The van der Waals surface area contributed by atoms with Gasteiger partial charge < -0.3 is 21.1 Å². The summed E-state index contributed by atoms with van der Waals surface area (Å²) in [6.07, 6.45) is -10.2. The van der Waals surface area contributed by atoms with E-state index in [4.69, 9.17) is 0 Å². The molecular formula is C17H22F6N4O6. The first-order valence-corrected chi connectivity index (χ1v) is 9.72. The molecule has 33 heavy (non-hydrogen) atoms. The van der Waals surface area contributed by atoms with Crippen LogP contribution in [0.3, 0.4) is 0 Å². The molecule has 1 heterocycles. The van der Waals surface area contributed by atoms with Crippen molar-refractivity contribution in [2.24, 2.45) is 0 Å². The predicted octanol–water partition coefficient (Wildman–Crippen LogP) is 1.06. The number of halogens is 6. The summed E-state index contributed by atoms with van der Waals surface area (Å²) in [5.74, 6) is -6.64. The number of carboxylic acid groups (broad SMARTS) is 1. The highest BCUT2D eigenvalue weighted by Gasteiger charge is 2.44. The van der Waals surface area contributed by atoms with Gasteiger partial charge in [-0.2, -0.15) is 26.3 Å². The van der Waals surface area contributed by atoms with Gasteiger partial charge in [-0.25, -0.2) is 14.5 Å². The molecule has 2 atom stereocenters. The minimum atomic E-state index is -5.05. The third-order valence-electron chi connectivity index (χ3n) is 4.56. The second-order valence-corrected chi connectivity index (χ2v) is 7.06. The first-order valence-electron chi connectivity index (χ1n) is 9.72. The molecule has 0 aromatic heterocycles. The van der Waals surface area contributed by atoms with Crippen LogP contribution in [-0.2, 0) is 19.2 Å². The minimum absolute atomic E-state index is 0.0151. The molecule has 2 unspecified atom stereocenters. The Morgan fingerprint density at radius 1 is 0.909 bits per heavy atom. The molecule has 0 spiro atoms. The van der Waals surface area contributed by atoms with E-state index in [1.807, 2.05) is 0 Å². The van der Waals surface area contributed by atoms with E-state index in [0.717, 1.165) is 0 Å². The zero-order chi connectivity index (χ0) is 25.4. The Hall–Kier alpha value is -3.07. The molecular weight excluding hydrogens is 470 g/mol. The van der Waals surface area contributed by atoms with Crippen molar-refractivity contribution in [1.29, 1.82) is 0 Å². The van der Waals surface area contributed by atoms with E-state index in [1.165, 1.54) is 0 Å². The highest BCUT2D eigenvalue weighted by molar-refractivity contribution is 6.06. The van der Waals surface area contributed by atoms with Crippen molar-refractivity contribution in [3.63, 3.8) is 0 Å². The molecule has 10 nitrogen and oxygen atoms in total. The monoisotopic (exact) mass is 492 g/mol. The van der Waals surface area contributed by atoms with Gasteiger partial charge in [0.05, 0.1) is 0 Å². The number of carbonyl (C=O) groups excluding carboxylic acids is 4. The number of urea groups is 1. The van der Waals surface area contributed by atoms with Crippen LogP contribution in [0.4, 0.5) is 31.1 Å². The van der Waals surface area contributed by atoms with Gasteiger partial charge >= 0.3 is 36.2 Å². The molecule has 0 saturated carbocycles. The van der Waals surface area contributed by atoms with Gasteiger partial charge in [-0.3, -0.25) is 14.4 Å². The van der Waals surface area contributed by atoms with Gasteiger partial charge in [0.1, 0.15) is 12.1 Å². The molecule has 0 radical (unpaired) electrons. The molecule has 1 rings (SSSR count). The van der Waals surface area contributed by atoms with Crippen LogP contribution >= 0.6 is 0 Å². The van der Waals surface area contributed by atoms with Crippen LogP contribution < -0.4 is 16.0 Å². The Labute approximate surface area is 183 Å². The van der Waals surface area contributed by atoms with Crippen molar-refractivity contribution in [3.8, 4) is 0 Å². The predicted molar refractivity (Wildman–Crippen MR) is 96.4 cm³/mol. The third kappa shape index (κ3) is 8.76. The molecule has 16 heteroatoms. The number of amides is 5. The van der Waals surface area contributed by atoms with Crippen molar-refractivity contribution >= 4 is 29.7 Å². The molecule has 4 N–H and O–H groups in total. The number of hydrogen-bond donors (Lipinski definition) is 4. The molecule has 0 aliphatic carbocycles. The lowest BCUT2D eigenvalue weighted by molar-refractivity contribution is -0.173. The molecule has 0 aromatic rings. The number of nitrogens with zero attached hydrogens (tertiary/aromatic N) is 1. The lowest BCUT2D eigenvalue weighted by Crippen LogP contribution is -2.45. The van der Waals surface area contributed by atoms with Crippen molar-refractivity contribution in [1.82, 2.24) is 20.9 Å². The Morgan fingerprint density at radius 3 is 1.85 bits per heavy atom. The Morgan fingerprint density at radius 2 is 1.39 bits per heavy atom. The van der Waals surface area contributed by atoms with Crippen molar-refractivity contribution in [2.75, 3.05) is 13.1 Å². The molecule has 5 amide bonds. The maximum absolute atomic E-state index is 12.4. The number of unbranched alkanes of at least 4 members (excludes halogenated alkanes) is 2. The van der Waals surface area contributed by atoms with Crippen molar-refractivity contribution < 1.29 is 55.4 Å². The number of hydrogen-bond acceptors (Lipinski definition) is 5. The van der Waals surface area contributed by atoms with E-state index in [-0.39, 0.29) is 45.1 Å². The molecule has 1 fully saturated rings. The van der Waals surface area contributed by atoms with Crippen LogP contribution in [-0.4, -0.2) is 77.3 Å².